The summed E-state index contributed by atoms with van der Waals surface area (Å²) in [6.45, 7) is 1.89. The minimum atomic E-state index is -0.904. The topological polar surface area (TPSA) is 111 Å². The average Bonchev–Trinajstić information content (AvgIpc) is 2.64. The predicted molar refractivity (Wildman–Crippen MR) is 94.7 cm³/mol. The molecule has 0 bridgehead atoms. The molecule has 0 saturated heterocycles. The maximum absolute atomic E-state index is 12.1. The van der Waals surface area contributed by atoms with Gasteiger partial charge in [0.15, 0.2) is 5.75 Å². The molecule has 0 heterocycles. The van der Waals surface area contributed by atoms with E-state index in [1.807, 2.05) is 25.1 Å². The van der Waals surface area contributed by atoms with E-state index in [2.05, 4.69) is 5.32 Å². The Balaban J connectivity index is 1.89. The number of aliphatic hydroxyl groups excluding tert-OH is 1. The van der Waals surface area contributed by atoms with Gasteiger partial charge in [-0.2, -0.15) is 0 Å². The number of aryl methyl sites for hydroxylation is 1. The lowest BCUT2D eigenvalue weighted by molar-refractivity contribution is -0.385. The van der Waals surface area contributed by atoms with Crippen molar-refractivity contribution in [1.82, 2.24) is 5.32 Å². The van der Waals surface area contributed by atoms with Crippen LogP contribution in [-0.2, 0) is 0 Å². The van der Waals surface area contributed by atoms with Gasteiger partial charge in [-0.3, -0.25) is 14.9 Å². The molecule has 138 valence electrons. The normalized spacial score (nSPS) is 11.5. The molecule has 0 aliphatic rings. The summed E-state index contributed by atoms with van der Waals surface area (Å²) in [6.07, 6.45) is -0.904. The summed E-state index contributed by atoms with van der Waals surface area (Å²) < 4.78 is 10.4. The minimum absolute atomic E-state index is 0.00825. The first-order chi connectivity index (χ1) is 12.4. The Hall–Kier alpha value is -3.13. The van der Waals surface area contributed by atoms with Crippen molar-refractivity contribution >= 4 is 11.6 Å². The maximum atomic E-state index is 12.1. The summed E-state index contributed by atoms with van der Waals surface area (Å²) in [5.74, 6) is 0.178. The van der Waals surface area contributed by atoms with Crippen LogP contribution in [0.15, 0.2) is 42.5 Å². The molecule has 0 saturated carbocycles. The number of nitro groups is 1. The van der Waals surface area contributed by atoms with Crippen molar-refractivity contribution in [3.05, 3.63) is 63.7 Å². The number of methoxy groups -OCH3 is 1. The molecule has 26 heavy (non-hydrogen) atoms. The smallest absolute Gasteiger partial charge is 0.310 e. The third-order valence-electron chi connectivity index (χ3n) is 3.66. The van der Waals surface area contributed by atoms with Crippen LogP contribution >= 0.6 is 0 Å². The number of para-hydroxylation sites is 1. The number of aliphatic hydroxyl groups is 1. The molecule has 2 rings (SSSR count). The van der Waals surface area contributed by atoms with Crippen molar-refractivity contribution in [1.29, 1.82) is 0 Å². The molecule has 2 aromatic carbocycles. The highest BCUT2D eigenvalue weighted by Gasteiger charge is 2.18. The van der Waals surface area contributed by atoms with Gasteiger partial charge in [0.25, 0.3) is 5.91 Å². The second-order valence-corrected chi connectivity index (χ2v) is 5.58. The zero-order chi connectivity index (χ0) is 19.1. The SMILES string of the molecule is COc1cc(C(=O)NCC(O)COc2ccccc2C)ccc1[N+](=O)[O-]. The van der Waals surface area contributed by atoms with Crippen LogP contribution in [0.4, 0.5) is 5.69 Å². The number of rotatable bonds is 8. The first-order valence-corrected chi connectivity index (χ1v) is 7.89. The van der Waals surface area contributed by atoms with Gasteiger partial charge in [-0.25, -0.2) is 0 Å². The van der Waals surface area contributed by atoms with Crippen LogP contribution in [0.25, 0.3) is 0 Å². The third-order valence-corrected chi connectivity index (χ3v) is 3.66. The number of ether oxygens (including phenoxy) is 2. The summed E-state index contributed by atoms with van der Waals surface area (Å²) in [7, 11) is 1.29. The maximum Gasteiger partial charge on any atom is 0.310 e. The van der Waals surface area contributed by atoms with Crippen LogP contribution in [0.5, 0.6) is 11.5 Å². The lowest BCUT2D eigenvalue weighted by Gasteiger charge is -2.14. The molecule has 0 aromatic heterocycles. The fourth-order valence-corrected chi connectivity index (χ4v) is 2.25. The summed E-state index contributed by atoms with van der Waals surface area (Å²) in [5, 5.41) is 23.4. The molecule has 0 radical (unpaired) electrons. The largest absolute Gasteiger partial charge is 0.491 e. The fourth-order valence-electron chi connectivity index (χ4n) is 2.25. The number of carbonyl (C=O) groups is 1. The predicted octanol–water partition coefficient (Wildman–Crippen LogP) is 2.08. The summed E-state index contributed by atoms with van der Waals surface area (Å²) in [6, 6.07) is 11.2. The number of carbonyl (C=O) groups excluding carboxylic acids is 1. The molecule has 1 atom stereocenters. The van der Waals surface area contributed by atoms with E-state index in [1.165, 1.54) is 25.3 Å². The quantitative estimate of drug-likeness (QED) is 0.551. The van der Waals surface area contributed by atoms with Gasteiger partial charge in [0.1, 0.15) is 18.5 Å². The standard InChI is InChI=1S/C18H20N2O6/c1-12-5-3-4-6-16(12)26-11-14(21)10-19-18(22)13-7-8-15(20(23)24)17(9-13)25-2/h3-9,14,21H,10-11H2,1-2H3,(H,19,22). The number of hydrogen-bond acceptors (Lipinski definition) is 6. The Bertz CT molecular complexity index is 793. The molecular weight excluding hydrogens is 340 g/mol. The van der Waals surface area contributed by atoms with Crippen LogP contribution in [0.2, 0.25) is 0 Å². The second-order valence-electron chi connectivity index (χ2n) is 5.58. The Morgan fingerprint density at radius 2 is 2.00 bits per heavy atom. The van der Waals surface area contributed by atoms with E-state index in [4.69, 9.17) is 9.47 Å². The monoisotopic (exact) mass is 360 g/mol. The van der Waals surface area contributed by atoms with E-state index in [9.17, 15) is 20.0 Å². The molecule has 8 nitrogen and oxygen atoms in total. The Labute approximate surface area is 150 Å². The first-order valence-electron chi connectivity index (χ1n) is 7.89. The summed E-state index contributed by atoms with van der Waals surface area (Å²) >= 11 is 0. The highest BCUT2D eigenvalue weighted by molar-refractivity contribution is 5.95. The lowest BCUT2D eigenvalue weighted by atomic mass is 10.1. The van der Waals surface area contributed by atoms with E-state index in [0.717, 1.165) is 5.56 Å². The van der Waals surface area contributed by atoms with Crippen molar-refractivity contribution < 1.29 is 24.3 Å². The van der Waals surface area contributed by atoms with E-state index < -0.39 is 16.9 Å². The van der Waals surface area contributed by atoms with Crippen molar-refractivity contribution in [2.24, 2.45) is 0 Å². The molecule has 0 fully saturated rings. The summed E-state index contributed by atoms with van der Waals surface area (Å²) in [5.41, 5.74) is 0.914. The molecule has 0 aliphatic heterocycles. The Kier molecular flexibility index (Phi) is 6.51. The van der Waals surface area contributed by atoms with E-state index in [-0.39, 0.29) is 30.2 Å². The number of nitro benzene ring substituents is 1. The minimum Gasteiger partial charge on any atom is -0.491 e. The average molecular weight is 360 g/mol. The lowest BCUT2D eigenvalue weighted by Crippen LogP contribution is -2.35. The number of amides is 1. The van der Waals surface area contributed by atoms with Crippen molar-refractivity contribution in [3.8, 4) is 11.5 Å². The van der Waals surface area contributed by atoms with Gasteiger partial charge in [-0.1, -0.05) is 18.2 Å². The highest BCUT2D eigenvalue weighted by Crippen LogP contribution is 2.27. The molecule has 2 N–H and O–H groups in total. The van der Waals surface area contributed by atoms with Gasteiger partial charge in [0.2, 0.25) is 0 Å². The van der Waals surface area contributed by atoms with Crippen LogP contribution in [0.3, 0.4) is 0 Å². The van der Waals surface area contributed by atoms with Crippen LogP contribution in [-0.4, -0.2) is 42.3 Å². The molecule has 2 aromatic rings. The van der Waals surface area contributed by atoms with Crippen LogP contribution in [0.1, 0.15) is 15.9 Å². The second kappa shape index (κ2) is 8.82. The van der Waals surface area contributed by atoms with Crippen molar-refractivity contribution in [2.45, 2.75) is 13.0 Å². The molecule has 0 spiro atoms. The van der Waals surface area contributed by atoms with E-state index in [0.29, 0.717) is 5.75 Å². The van der Waals surface area contributed by atoms with Gasteiger partial charge in [-0.05, 0) is 24.6 Å². The highest BCUT2D eigenvalue weighted by atomic mass is 16.6. The van der Waals surface area contributed by atoms with Crippen LogP contribution < -0.4 is 14.8 Å². The zero-order valence-corrected chi connectivity index (χ0v) is 14.5. The number of benzene rings is 2. The van der Waals surface area contributed by atoms with E-state index >= 15 is 0 Å². The Morgan fingerprint density at radius 3 is 2.65 bits per heavy atom. The number of nitrogens with zero attached hydrogens (tertiary/aromatic N) is 1. The summed E-state index contributed by atoms with van der Waals surface area (Å²) in [4.78, 5) is 22.4. The van der Waals surface area contributed by atoms with Crippen molar-refractivity contribution in [3.63, 3.8) is 0 Å². The van der Waals surface area contributed by atoms with Crippen LogP contribution in [0, 0.1) is 17.0 Å². The molecular formula is C18H20N2O6. The molecule has 1 amide bonds. The van der Waals surface area contributed by atoms with Gasteiger partial charge in [0.05, 0.1) is 12.0 Å². The molecule has 0 aliphatic carbocycles. The number of hydrogen-bond donors (Lipinski definition) is 2. The zero-order valence-electron chi connectivity index (χ0n) is 14.5. The fraction of sp³-hybridized carbons (Fsp3) is 0.278. The first kappa shape index (κ1) is 19.2. The van der Waals surface area contributed by atoms with Crippen molar-refractivity contribution in [2.75, 3.05) is 20.3 Å². The van der Waals surface area contributed by atoms with Gasteiger partial charge in [-0.15, -0.1) is 0 Å². The number of nitrogens with one attached hydrogen (secondary N) is 1. The molecule has 1 unspecified atom stereocenters. The van der Waals surface area contributed by atoms with E-state index in [1.54, 1.807) is 6.07 Å². The molecule has 8 heteroatoms. The van der Waals surface area contributed by atoms with Gasteiger partial charge < -0.3 is 19.9 Å². The van der Waals surface area contributed by atoms with Gasteiger partial charge >= 0.3 is 5.69 Å². The van der Waals surface area contributed by atoms with Gasteiger partial charge in [0, 0.05) is 24.2 Å². The third kappa shape index (κ3) is 4.93. The Morgan fingerprint density at radius 1 is 1.27 bits per heavy atom.